The molecule has 0 fully saturated rings. The summed E-state index contributed by atoms with van der Waals surface area (Å²) in [5.41, 5.74) is 8.58. The first-order valence-corrected chi connectivity index (χ1v) is 8.67. The van der Waals surface area contributed by atoms with E-state index in [1.807, 2.05) is 0 Å². The number of amides is 1. The molecule has 0 aliphatic heterocycles. The lowest BCUT2D eigenvalue weighted by atomic mass is 9.81. The van der Waals surface area contributed by atoms with E-state index in [0.717, 1.165) is 12.1 Å². The van der Waals surface area contributed by atoms with Crippen LogP contribution in [0.15, 0.2) is 48.8 Å². The lowest BCUT2D eigenvalue weighted by Gasteiger charge is -2.37. The van der Waals surface area contributed by atoms with Crippen LogP contribution in [0.4, 0.5) is 18.9 Å². The minimum Gasteiger partial charge on any atom is -0.401 e. The number of rotatable bonds is 9. The largest absolute Gasteiger partial charge is 0.401 e. The van der Waals surface area contributed by atoms with Crippen LogP contribution < -0.4 is 16.8 Å². The molecule has 2 aromatic rings. The monoisotopic (exact) mass is 409 g/mol. The summed E-state index contributed by atoms with van der Waals surface area (Å²) in [7, 11) is 0. The standard InChI is InChI=1S/C19H22F3N5O2/c1-3-18(24,19(21,22)11-29-10-12(2)23)14-9-13(6-7-15(14)20)26-17(28)16-5-4-8-25-27-16/h4-9H,2-3,10-11,23-24H2,1H3,(H,26,28)/t18-/m1/s1. The minimum atomic E-state index is -3.63. The van der Waals surface area contributed by atoms with Crippen molar-refractivity contribution in [2.45, 2.75) is 24.8 Å². The number of anilines is 1. The second kappa shape index (κ2) is 9.01. The van der Waals surface area contributed by atoms with Crippen molar-refractivity contribution in [3.8, 4) is 0 Å². The highest BCUT2D eigenvalue weighted by Gasteiger charge is 2.52. The average Bonchev–Trinajstić information content (AvgIpc) is 2.68. The van der Waals surface area contributed by atoms with Gasteiger partial charge in [0.15, 0.2) is 5.69 Å². The quantitative estimate of drug-likeness (QED) is 0.586. The Morgan fingerprint density at radius 1 is 1.34 bits per heavy atom. The molecule has 0 radical (unpaired) electrons. The molecule has 1 heterocycles. The molecule has 0 aliphatic rings. The lowest BCUT2D eigenvalue weighted by Crippen LogP contribution is -2.55. The minimum absolute atomic E-state index is 0.00798. The number of hydrogen-bond donors (Lipinski definition) is 3. The van der Waals surface area contributed by atoms with Crippen molar-refractivity contribution in [2.24, 2.45) is 11.5 Å². The number of aromatic nitrogens is 2. The summed E-state index contributed by atoms with van der Waals surface area (Å²) in [5.74, 6) is -5.20. The number of halogens is 3. The zero-order chi connectivity index (χ0) is 21.7. The molecule has 0 saturated carbocycles. The van der Waals surface area contributed by atoms with Gasteiger partial charge in [-0.25, -0.2) is 13.2 Å². The van der Waals surface area contributed by atoms with Crippen molar-refractivity contribution < 1.29 is 22.7 Å². The number of carbonyl (C=O) groups excluding carboxylic acids is 1. The van der Waals surface area contributed by atoms with E-state index in [4.69, 9.17) is 16.2 Å². The van der Waals surface area contributed by atoms with Gasteiger partial charge in [0.1, 0.15) is 18.0 Å². The maximum absolute atomic E-state index is 14.9. The summed E-state index contributed by atoms with van der Waals surface area (Å²) >= 11 is 0. The Kier molecular flexibility index (Phi) is 6.93. The van der Waals surface area contributed by atoms with Gasteiger partial charge in [-0.1, -0.05) is 13.5 Å². The van der Waals surface area contributed by atoms with Gasteiger partial charge in [-0.2, -0.15) is 5.10 Å². The molecule has 5 N–H and O–H groups in total. The SMILES string of the molecule is C=C(N)COCC(F)(F)[C@@](N)(CC)c1cc(NC(=O)c2cccnn2)ccc1F. The summed E-state index contributed by atoms with van der Waals surface area (Å²) in [6.07, 6.45) is 1.09. The molecule has 1 aromatic carbocycles. The Morgan fingerprint density at radius 3 is 2.66 bits per heavy atom. The zero-order valence-corrected chi connectivity index (χ0v) is 15.8. The Labute approximate surface area is 165 Å². The maximum atomic E-state index is 14.9. The van der Waals surface area contributed by atoms with E-state index in [9.17, 15) is 18.0 Å². The van der Waals surface area contributed by atoms with Gasteiger partial charge >= 0.3 is 0 Å². The third-order valence-corrected chi connectivity index (χ3v) is 4.29. The Bertz CT molecular complexity index is 879. The third-order valence-electron chi connectivity index (χ3n) is 4.29. The van der Waals surface area contributed by atoms with Crippen LogP contribution in [0.5, 0.6) is 0 Å². The number of nitrogens with one attached hydrogen (secondary N) is 1. The topological polar surface area (TPSA) is 116 Å². The summed E-state index contributed by atoms with van der Waals surface area (Å²) in [4.78, 5) is 12.2. The summed E-state index contributed by atoms with van der Waals surface area (Å²) < 4.78 is 49.0. The molecule has 0 saturated heterocycles. The zero-order valence-electron chi connectivity index (χ0n) is 15.8. The highest BCUT2D eigenvalue weighted by Crippen LogP contribution is 2.40. The molecule has 0 bridgehead atoms. The van der Waals surface area contributed by atoms with E-state index in [2.05, 4.69) is 22.1 Å². The Morgan fingerprint density at radius 2 is 2.07 bits per heavy atom. The van der Waals surface area contributed by atoms with Crippen LogP contribution in [0.1, 0.15) is 29.4 Å². The molecule has 156 valence electrons. The number of hydrogen-bond acceptors (Lipinski definition) is 6. The number of benzene rings is 1. The van der Waals surface area contributed by atoms with Crippen LogP contribution in [0.2, 0.25) is 0 Å². The van der Waals surface area contributed by atoms with E-state index in [0.29, 0.717) is 0 Å². The fourth-order valence-corrected chi connectivity index (χ4v) is 2.65. The normalized spacial score (nSPS) is 13.6. The predicted molar refractivity (Wildman–Crippen MR) is 102 cm³/mol. The maximum Gasteiger partial charge on any atom is 0.292 e. The predicted octanol–water partition coefficient (Wildman–Crippen LogP) is 2.56. The van der Waals surface area contributed by atoms with Crippen molar-refractivity contribution in [1.29, 1.82) is 0 Å². The molecule has 1 aromatic heterocycles. The molecule has 0 spiro atoms. The van der Waals surface area contributed by atoms with Crippen LogP contribution in [-0.2, 0) is 10.3 Å². The molecule has 0 aliphatic carbocycles. The molecule has 10 heteroatoms. The summed E-state index contributed by atoms with van der Waals surface area (Å²) in [6, 6.07) is 6.19. The van der Waals surface area contributed by atoms with Gasteiger partial charge in [-0.05, 0) is 36.8 Å². The molecule has 0 unspecified atom stereocenters. The summed E-state index contributed by atoms with van der Waals surface area (Å²) in [5, 5.41) is 9.70. The second-order valence-electron chi connectivity index (χ2n) is 6.44. The second-order valence-corrected chi connectivity index (χ2v) is 6.44. The van der Waals surface area contributed by atoms with Gasteiger partial charge in [-0.15, -0.1) is 5.10 Å². The van der Waals surface area contributed by atoms with Crippen molar-refractivity contribution in [3.63, 3.8) is 0 Å². The van der Waals surface area contributed by atoms with E-state index in [-0.39, 0.29) is 30.1 Å². The van der Waals surface area contributed by atoms with Crippen LogP contribution in [0.25, 0.3) is 0 Å². The van der Waals surface area contributed by atoms with Crippen molar-refractivity contribution in [1.82, 2.24) is 10.2 Å². The van der Waals surface area contributed by atoms with E-state index < -0.39 is 35.4 Å². The fraction of sp³-hybridized carbons (Fsp3) is 0.316. The van der Waals surface area contributed by atoms with Crippen molar-refractivity contribution in [3.05, 3.63) is 65.9 Å². The first-order chi connectivity index (χ1) is 13.6. The van der Waals surface area contributed by atoms with E-state index in [1.54, 1.807) is 0 Å². The molecule has 1 atom stereocenters. The Hall–Kier alpha value is -2.98. The number of alkyl halides is 2. The van der Waals surface area contributed by atoms with Gasteiger partial charge in [0.25, 0.3) is 11.8 Å². The number of nitrogens with zero attached hydrogens (tertiary/aromatic N) is 2. The van der Waals surface area contributed by atoms with Gasteiger partial charge in [0.05, 0.1) is 6.61 Å². The van der Waals surface area contributed by atoms with Crippen LogP contribution in [-0.4, -0.2) is 35.2 Å². The third kappa shape index (κ3) is 5.09. The highest BCUT2D eigenvalue weighted by atomic mass is 19.3. The molecule has 1 amide bonds. The van der Waals surface area contributed by atoms with E-state index in [1.165, 1.54) is 31.3 Å². The lowest BCUT2D eigenvalue weighted by molar-refractivity contribution is -0.131. The molecular weight excluding hydrogens is 387 g/mol. The first-order valence-electron chi connectivity index (χ1n) is 8.67. The van der Waals surface area contributed by atoms with Crippen molar-refractivity contribution in [2.75, 3.05) is 18.5 Å². The van der Waals surface area contributed by atoms with Gasteiger partial charge < -0.3 is 21.5 Å². The summed E-state index contributed by atoms with van der Waals surface area (Å²) in [6.45, 7) is 3.40. The smallest absolute Gasteiger partial charge is 0.292 e. The molecule has 29 heavy (non-hydrogen) atoms. The van der Waals surface area contributed by atoms with Crippen LogP contribution in [0, 0.1) is 5.82 Å². The van der Waals surface area contributed by atoms with Gasteiger partial charge in [-0.3, -0.25) is 4.79 Å². The van der Waals surface area contributed by atoms with Gasteiger partial charge in [0.2, 0.25) is 0 Å². The Balaban J connectivity index is 2.32. The first kappa shape index (κ1) is 22.3. The number of nitrogens with two attached hydrogens (primary N) is 2. The molecule has 7 nitrogen and oxygen atoms in total. The van der Waals surface area contributed by atoms with E-state index >= 15 is 0 Å². The van der Waals surface area contributed by atoms with Crippen LogP contribution >= 0.6 is 0 Å². The average molecular weight is 409 g/mol. The number of ether oxygens (including phenoxy) is 1. The van der Waals surface area contributed by atoms with Crippen LogP contribution in [0.3, 0.4) is 0 Å². The van der Waals surface area contributed by atoms with Gasteiger partial charge in [0, 0.05) is 23.1 Å². The van der Waals surface area contributed by atoms with Crippen molar-refractivity contribution >= 4 is 11.6 Å². The molecular formula is C19H22F3N5O2. The fourth-order valence-electron chi connectivity index (χ4n) is 2.65. The highest BCUT2D eigenvalue weighted by molar-refractivity contribution is 6.02. The number of carbonyl (C=O) groups is 1. The molecule has 2 rings (SSSR count).